The first-order chi connectivity index (χ1) is 6.26. The molecule has 0 aromatic heterocycles. The molecule has 0 bridgehead atoms. The lowest BCUT2D eigenvalue weighted by Gasteiger charge is -2.32. The van der Waals surface area contributed by atoms with E-state index in [2.05, 4.69) is 11.8 Å². The number of nitrogens with zero attached hydrogens (tertiary/aromatic N) is 1. The minimum absolute atomic E-state index is 0.615. The molecule has 1 saturated heterocycles. The predicted octanol–water partition coefficient (Wildman–Crippen LogP) is 2.64. The van der Waals surface area contributed by atoms with Gasteiger partial charge in [0.2, 0.25) is 0 Å². The third-order valence-corrected chi connectivity index (χ3v) is 3.71. The lowest BCUT2D eigenvalue weighted by molar-refractivity contribution is 0.288. The molecule has 1 heterocycles. The number of nitrogens with one attached hydrogen (secondary N) is 1. The lowest BCUT2D eigenvalue weighted by Crippen LogP contribution is -2.38. The maximum absolute atomic E-state index is 7.85. The second kappa shape index (κ2) is 3.32. The fourth-order valence-corrected chi connectivity index (χ4v) is 2.27. The summed E-state index contributed by atoms with van der Waals surface area (Å²) in [6, 6.07) is 0. The minimum Gasteiger partial charge on any atom is -0.360 e. The molecule has 2 aliphatic rings. The van der Waals surface area contributed by atoms with Crippen LogP contribution in [0.1, 0.15) is 45.4 Å². The molecule has 1 N–H and O–H groups in total. The van der Waals surface area contributed by atoms with Crippen molar-refractivity contribution in [2.75, 3.05) is 13.1 Å². The van der Waals surface area contributed by atoms with Crippen LogP contribution in [-0.2, 0) is 0 Å². The molecule has 0 atom stereocenters. The molecule has 2 nitrogen and oxygen atoms in total. The van der Waals surface area contributed by atoms with E-state index >= 15 is 0 Å². The maximum atomic E-state index is 7.85. The summed E-state index contributed by atoms with van der Waals surface area (Å²) in [5.41, 5.74) is 0.615. The molecule has 0 amide bonds. The van der Waals surface area contributed by atoms with Gasteiger partial charge in [-0.05, 0) is 37.5 Å². The predicted molar refractivity (Wildman–Crippen MR) is 55.1 cm³/mol. The summed E-state index contributed by atoms with van der Waals surface area (Å²) in [5, 5.41) is 7.85. The molecule has 0 spiro atoms. The van der Waals surface area contributed by atoms with Gasteiger partial charge in [-0.25, -0.2) is 0 Å². The number of amidine groups is 1. The summed E-state index contributed by atoms with van der Waals surface area (Å²) in [6.07, 6.45) is 7.63. The van der Waals surface area contributed by atoms with Crippen LogP contribution >= 0.6 is 0 Å². The molecule has 74 valence electrons. The largest absolute Gasteiger partial charge is 0.360 e. The van der Waals surface area contributed by atoms with E-state index in [0.717, 1.165) is 18.8 Å². The Hall–Kier alpha value is -0.530. The molecule has 0 aromatic rings. The van der Waals surface area contributed by atoms with Crippen molar-refractivity contribution in [2.45, 2.75) is 45.4 Å². The van der Waals surface area contributed by atoms with Crippen LogP contribution in [0.4, 0.5) is 0 Å². The Balaban J connectivity index is 1.89. The van der Waals surface area contributed by atoms with Crippen molar-refractivity contribution in [2.24, 2.45) is 5.41 Å². The van der Waals surface area contributed by atoms with Crippen molar-refractivity contribution in [1.82, 2.24) is 4.90 Å². The molecule has 2 rings (SSSR count). The fourth-order valence-electron chi connectivity index (χ4n) is 2.27. The quantitative estimate of drug-likeness (QED) is 0.710. The van der Waals surface area contributed by atoms with Gasteiger partial charge in [-0.1, -0.05) is 6.92 Å². The molecule has 0 radical (unpaired) electrons. The van der Waals surface area contributed by atoms with Gasteiger partial charge >= 0.3 is 0 Å². The Morgan fingerprint density at radius 2 is 2.15 bits per heavy atom. The van der Waals surface area contributed by atoms with Crippen molar-refractivity contribution >= 4 is 5.84 Å². The Bertz CT molecular complexity index is 206. The summed E-state index contributed by atoms with van der Waals surface area (Å²) in [6.45, 7) is 4.60. The topological polar surface area (TPSA) is 27.1 Å². The smallest absolute Gasteiger partial charge is 0.0957 e. The van der Waals surface area contributed by atoms with Crippen molar-refractivity contribution in [3.8, 4) is 0 Å². The summed E-state index contributed by atoms with van der Waals surface area (Å²) >= 11 is 0. The number of rotatable bonds is 3. The van der Waals surface area contributed by atoms with Crippen molar-refractivity contribution < 1.29 is 0 Å². The zero-order valence-corrected chi connectivity index (χ0v) is 8.60. The maximum Gasteiger partial charge on any atom is 0.0957 e. The van der Waals surface area contributed by atoms with Crippen LogP contribution in [0.5, 0.6) is 0 Å². The average molecular weight is 180 g/mol. The van der Waals surface area contributed by atoms with Gasteiger partial charge in [0.25, 0.3) is 0 Å². The highest BCUT2D eigenvalue weighted by atomic mass is 15.2. The van der Waals surface area contributed by atoms with Gasteiger partial charge in [-0.2, -0.15) is 0 Å². The van der Waals surface area contributed by atoms with Crippen LogP contribution < -0.4 is 0 Å². The second-order valence-electron chi connectivity index (χ2n) is 4.68. The molecule has 0 aromatic carbocycles. The zero-order chi connectivity index (χ0) is 9.31. The minimum atomic E-state index is 0.615. The highest BCUT2D eigenvalue weighted by Gasteiger charge is 2.42. The summed E-state index contributed by atoms with van der Waals surface area (Å²) in [4.78, 5) is 2.32. The summed E-state index contributed by atoms with van der Waals surface area (Å²) in [7, 11) is 0. The molecule has 1 aliphatic carbocycles. The van der Waals surface area contributed by atoms with E-state index in [1.165, 1.54) is 38.6 Å². The fraction of sp³-hybridized carbons (Fsp3) is 0.909. The van der Waals surface area contributed by atoms with Crippen LogP contribution in [0.2, 0.25) is 0 Å². The molecular weight excluding hydrogens is 160 g/mol. The lowest BCUT2D eigenvalue weighted by atomic mass is 10.0. The van der Waals surface area contributed by atoms with Crippen LogP contribution in [0, 0.1) is 10.8 Å². The second-order valence-corrected chi connectivity index (χ2v) is 4.68. The van der Waals surface area contributed by atoms with E-state index < -0.39 is 0 Å². The molecule has 1 saturated carbocycles. The molecule has 2 fully saturated rings. The number of likely N-dealkylation sites (tertiary alicyclic amines) is 1. The van der Waals surface area contributed by atoms with E-state index in [0.29, 0.717) is 5.41 Å². The SMILES string of the molecule is CCC1(CN2CCCCC2=N)CC1. The zero-order valence-electron chi connectivity index (χ0n) is 8.60. The standard InChI is InChI=1S/C11H20N2/c1-2-11(6-7-11)9-13-8-4-3-5-10(13)12/h12H,2-9H2,1H3. The third-order valence-electron chi connectivity index (χ3n) is 3.71. The van der Waals surface area contributed by atoms with Crippen molar-refractivity contribution in [1.29, 1.82) is 5.41 Å². The molecule has 1 aliphatic heterocycles. The normalized spacial score (nSPS) is 26.2. The molecular formula is C11H20N2. The van der Waals surface area contributed by atoms with Crippen LogP contribution in [-0.4, -0.2) is 23.8 Å². The first kappa shape index (κ1) is 9.04. The third kappa shape index (κ3) is 1.87. The van der Waals surface area contributed by atoms with Crippen LogP contribution in [0.3, 0.4) is 0 Å². The first-order valence-electron chi connectivity index (χ1n) is 5.58. The Morgan fingerprint density at radius 3 is 2.69 bits per heavy atom. The van der Waals surface area contributed by atoms with Crippen LogP contribution in [0.15, 0.2) is 0 Å². The molecule has 0 unspecified atom stereocenters. The Kier molecular flexibility index (Phi) is 2.31. The van der Waals surface area contributed by atoms with Crippen molar-refractivity contribution in [3.05, 3.63) is 0 Å². The van der Waals surface area contributed by atoms with Gasteiger partial charge < -0.3 is 4.90 Å². The van der Waals surface area contributed by atoms with Gasteiger partial charge in [-0.15, -0.1) is 0 Å². The monoisotopic (exact) mass is 180 g/mol. The van der Waals surface area contributed by atoms with E-state index in [9.17, 15) is 0 Å². The summed E-state index contributed by atoms with van der Waals surface area (Å²) < 4.78 is 0. The number of hydrogen-bond acceptors (Lipinski definition) is 1. The first-order valence-corrected chi connectivity index (χ1v) is 5.58. The van der Waals surface area contributed by atoms with E-state index in [4.69, 9.17) is 5.41 Å². The van der Waals surface area contributed by atoms with Gasteiger partial charge in [0, 0.05) is 19.5 Å². The van der Waals surface area contributed by atoms with Gasteiger partial charge in [0.05, 0.1) is 5.84 Å². The molecule has 13 heavy (non-hydrogen) atoms. The Morgan fingerprint density at radius 1 is 1.38 bits per heavy atom. The number of hydrogen-bond donors (Lipinski definition) is 1. The Labute approximate surface area is 80.8 Å². The van der Waals surface area contributed by atoms with Gasteiger partial charge in [0.15, 0.2) is 0 Å². The molecule has 2 heteroatoms. The van der Waals surface area contributed by atoms with E-state index in [1.807, 2.05) is 0 Å². The van der Waals surface area contributed by atoms with E-state index in [-0.39, 0.29) is 0 Å². The van der Waals surface area contributed by atoms with E-state index in [1.54, 1.807) is 0 Å². The highest BCUT2D eigenvalue weighted by Crippen LogP contribution is 2.49. The summed E-state index contributed by atoms with van der Waals surface area (Å²) in [5.74, 6) is 0.894. The van der Waals surface area contributed by atoms with Gasteiger partial charge in [0.1, 0.15) is 0 Å². The number of piperidine rings is 1. The van der Waals surface area contributed by atoms with Crippen molar-refractivity contribution in [3.63, 3.8) is 0 Å². The van der Waals surface area contributed by atoms with Crippen LogP contribution in [0.25, 0.3) is 0 Å². The average Bonchev–Trinajstić information content (AvgIpc) is 2.90. The van der Waals surface area contributed by atoms with Gasteiger partial charge in [-0.3, -0.25) is 5.41 Å². The highest BCUT2D eigenvalue weighted by molar-refractivity contribution is 5.79.